The first-order chi connectivity index (χ1) is 8.87. The van der Waals surface area contributed by atoms with Crippen LogP contribution in [0.4, 0.5) is 5.95 Å². The van der Waals surface area contributed by atoms with Crippen LogP contribution in [0.5, 0.6) is 0 Å². The lowest BCUT2D eigenvalue weighted by Gasteiger charge is -2.07. The Bertz CT molecular complexity index is 682. The molecule has 19 heavy (non-hydrogen) atoms. The lowest BCUT2D eigenvalue weighted by atomic mass is 10.4. The summed E-state index contributed by atoms with van der Waals surface area (Å²) < 4.78 is 26.3. The van der Waals surface area contributed by atoms with E-state index in [-0.39, 0.29) is 16.1 Å². The Hall–Kier alpha value is -1.80. The van der Waals surface area contributed by atoms with E-state index in [1.54, 1.807) is 19.9 Å². The van der Waals surface area contributed by atoms with Gasteiger partial charge in [0.05, 0.1) is 12.4 Å². The average Bonchev–Trinajstić information content (AvgIpc) is 2.27. The first-order valence-electron chi connectivity index (χ1n) is 5.19. The molecule has 0 bridgehead atoms. The molecule has 0 spiro atoms. The molecule has 2 heterocycles. The number of nitrogens with zero attached hydrogens (tertiary/aromatic N) is 4. The van der Waals surface area contributed by atoms with Gasteiger partial charge in [-0.3, -0.25) is 0 Å². The van der Waals surface area contributed by atoms with Crippen LogP contribution in [-0.4, -0.2) is 28.4 Å². The van der Waals surface area contributed by atoms with Crippen LogP contribution in [0, 0.1) is 13.8 Å². The molecule has 7 nitrogen and oxygen atoms in total. The maximum Gasteiger partial charge on any atom is 0.267 e. The molecule has 0 aromatic carbocycles. The van der Waals surface area contributed by atoms with Crippen molar-refractivity contribution in [2.75, 3.05) is 4.72 Å². The van der Waals surface area contributed by atoms with Crippen LogP contribution in [0.3, 0.4) is 0 Å². The standard InChI is InChI=1S/C10H10ClN5O2S/c1-6-3-7(2)15-10(14-6)16-19(17,18)8-4-12-9(11)13-5-8/h3-5H,1-2H3,(H,14,15,16). The van der Waals surface area contributed by atoms with Crippen molar-refractivity contribution in [1.29, 1.82) is 0 Å². The normalized spacial score (nSPS) is 11.3. The van der Waals surface area contributed by atoms with Gasteiger partial charge in [0, 0.05) is 11.4 Å². The zero-order valence-corrected chi connectivity index (χ0v) is 11.7. The van der Waals surface area contributed by atoms with E-state index in [1.165, 1.54) is 0 Å². The van der Waals surface area contributed by atoms with E-state index in [1.807, 2.05) is 0 Å². The first kappa shape index (κ1) is 13.6. The van der Waals surface area contributed by atoms with E-state index < -0.39 is 10.0 Å². The summed E-state index contributed by atoms with van der Waals surface area (Å²) >= 11 is 5.50. The van der Waals surface area contributed by atoms with E-state index in [2.05, 4.69) is 24.7 Å². The Morgan fingerprint density at radius 3 is 2.16 bits per heavy atom. The summed E-state index contributed by atoms with van der Waals surface area (Å²) in [5.74, 6) is 0.00690. The van der Waals surface area contributed by atoms with Gasteiger partial charge in [-0.15, -0.1) is 0 Å². The molecule has 1 N–H and O–H groups in total. The Morgan fingerprint density at radius 2 is 1.63 bits per heavy atom. The summed E-state index contributed by atoms with van der Waals surface area (Å²) in [6.07, 6.45) is 2.22. The quantitative estimate of drug-likeness (QED) is 0.859. The van der Waals surface area contributed by atoms with Crippen LogP contribution < -0.4 is 4.72 Å². The molecule has 0 aliphatic carbocycles. The third-order valence-electron chi connectivity index (χ3n) is 2.11. The summed E-state index contributed by atoms with van der Waals surface area (Å²) in [5, 5.41) is -0.0263. The van der Waals surface area contributed by atoms with E-state index in [4.69, 9.17) is 11.6 Å². The molecule has 0 unspecified atom stereocenters. The highest BCUT2D eigenvalue weighted by molar-refractivity contribution is 7.92. The summed E-state index contributed by atoms with van der Waals surface area (Å²) in [4.78, 5) is 15.1. The molecule has 0 aliphatic heterocycles. The van der Waals surface area contributed by atoms with Crippen LogP contribution in [-0.2, 0) is 10.0 Å². The predicted octanol–water partition coefficient (Wildman–Crippen LogP) is 1.34. The maximum absolute atomic E-state index is 12.0. The second-order valence-electron chi connectivity index (χ2n) is 3.77. The number of aromatic nitrogens is 4. The molecule has 0 saturated carbocycles. The molecule has 2 rings (SSSR count). The van der Waals surface area contributed by atoms with Crippen LogP contribution in [0.2, 0.25) is 5.28 Å². The summed E-state index contributed by atoms with van der Waals surface area (Å²) in [5.41, 5.74) is 1.33. The molecular formula is C10H10ClN5O2S. The number of hydrogen-bond donors (Lipinski definition) is 1. The van der Waals surface area contributed by atoms with E-state index in [0.717, 1.165) is 12.4 Å². The fraction of sp³-hybridized carbons (Fsp3) is 0.200. The van der Waals surface area contributed by atoms with E-state index >= 15 is 0 Å². The van der Waals surface area contributed by atoms with Crippen LogP contribution in [0.1, 0.15) is 11.4 Å². The number of halogens is 1. The SMILES string of the molecule is Cc1cc(C)nc(NS(=O)(=O)c2cnc(Cl)nc2)n1. The van der Waals surface area contributed by atoms with Crippen molar-refractivity contribution >= 4 is 27.6 Å². The summed E-state index contributed by atoms with van der Waals surface area (Å²) in [6, 6.07) is 1.74. The number of sulfonamides is 1. The number of nitrogens with one attached hydrogen (secondary N) is 1. The number of aryl methyl sites for hydroxylation is 2. The highest BCUT2D eigenvalue weighted by atomic mass is 35.5. The van der Waals surface area contributed by atoms with Crippen molar-refractivity contribution in [2.45, 2.75) is 18.7 Å². The number of hydrogen-bond acceptors (Lipinski definition) is 6. The Balaban J connectivity index is 2.33. The molecular weight excluding hydrogens is 290 g/mol. The molecule has 100 valence electrons. The smallest absolute Gasteiger partial charge is 0.247 e. The lowest BCUT2D eigenvalue weighted by Crippen LogP contribution is -2.16. The molecule has 0 saturated heterocycles. The monoisotopic (exact) mass is 299 g/mol. The number of anilines is 1. The molecule has 2 aromatic rings. The number of rotatable bonds is 3. The van der Waals surface area contributed by atoms with Crippen molar-refractivity contribution in [3.8, 4) is 0 Å². The van der Waals surface area contributed by atoms with Crippen LogP contribution in [0.25, 0.3) is 0 Å². The Labute approximate surface area is 115 Å². The molecule has 0 aliphatic rings. The second-order valence-corrected chi connectivity index (χ2v) is 5.79. The average molecular weight is 300 g/mol. The zero-order chi connectivity index (χ0) is 14.0. The van der Waals surface area contributed by atoms with Crippen molar-refractivity contribution in [2.24, 2.45) is 0 Å². The van der Waals surface area contributed by atoms with Crippen molar-refractivity contribution < 1.29 is 8.42 Å². The zero-order valence-electron chi connectivity index (χ0n) is 10.1. The summed E-state index contributed by atoms with van der Waals surface area (Å²) in [7, 11) is -3.82. The van der Waals surface area contributed by atoms with Crippen molar-refractivity contribution in [3.05, 3.63) is 35.1 Å². The third-order valence-corrected chi connectivity index (χ3v) is 3.59. The van der Waals surface area contributed by atoms with Crippen molar-refractivity contribution in [1.82, 2.24) is 19.9 Å². The third kappa shape index (κ3) is 3.36. The molecule has 0 radical (unpaired) electrons. The minimum Gasteiger partial charge on any atom is -0.247 e. The molecule has 9 heteroatoms. The van der Waals surface area contributed by atoms with Gasteiger partial charge in [0.2, 0.25) is 11.2 Å². The van der Waals surface area contributed by atoms with Crippen LogP contribution in [0.15, 0.2) is 23.4 Å². The highest BCUT2D eigenvalue weighted by Crippen LogP contribution is 2.13. The second kappa shape index (κ2) is 5.06. The van der Waals surface area contributed by atoms with Crippen molar-refractivity contribution in [3.63, 3.8) is 0 Å². The lowest BCUT2D eigenvalue weighted by molar-refractivity contribution is 0.600. The van der Waals surface area contributed by atoms with Gasteiger partial charge in [-0.1, -0.05) is 0 Å². The van der Waals surface area contributed by atoms with Gasteiger partial charge in [0.1, 0.15) is 4.90 Å². The molecule has 0 fully saturated rings. The molecule has 2 aromatic heterocycles. The van der Waals surface area contributed by atoms with Gasteiger partial charge in [0.15, 0.2) is 0 Å². The van der Waals surface area contributed by atoms with Gasteiger partial charge in [0.25, 0.3) is 10.0 Å². The fourth-order valence-corrected chi connectivity index (χ4v) is 2.32. The van der Waals surface area contributed by atoms with Crippen LogP contribution >= 0.6 is 11.6 Å². The highest BCUT2D eigenvalue weighted by Gasteiger charge is 2.17. The summed E-state index contributed by atoms with van der Waals surface area (Å²) in [6.45, 7) is 3.50. The molecule has 0 atom stereocenters. The minimum atomic E-state index is -3.82. The maximum atomic E-state index is 12.0. The first-order valence-corrected chi connectivity index (χ1v) is 7.05. The van der Waals surface area contributed by atoms with Gasteiger partial charge >= 0.3 is 0 Å². The predicted molar refractivity (Wildman–Crippen MR) is 69.4 cm³/mol. The van der Waals surface area contributed by atoms with Gasteiger partial charge in [-0.2, -0.15) is 0 Å². The van der Waals surface area contributed by atoms with Gasteiger partial charge in [-0.25, -0.2) is 33.1 Å². The van der Waals surface area contributed by atoms with Gasteiger partial charge in [-0.05, 0) is 31.5 Å². The molecule has 0 amide bonds. The fourth-order valence-electron chi connectivity index (χ4n) is 1.39. The van der Waals surface area contributed by atoms with E-state index in [9.17, 15) is 8.42 Å². The van der Waals surface area contributed by atoms with Gasteiger partial charge < -0.3 is 0 Å². The largest absolute Gasteiger partial charge is 0.267 e. The van der Waals surface area contributed by atoms with E-state index in [0.29, 0.717) is 11.4 Å². The topological polar surface area (TPSA) is 97.7 Å². The Kier molecular flexibility index (Phi) is 3.63. The Morgan fingerprint density at radius 1 is 1.11 bits per heavy atom. The minimum absolute atomic E-state index is 0.00690.